The Morgan fingerprint density at radius 2 is 2.05 bits per heavy atom. The van der Waals surface area contributed by atoms with E-state index in [1.807, 2.05) is 6.92 Å². The van der Waals surface area contributed by atoms with Crippen LogP contribution < -0.4 is 9.47 Å². The number of ether oxygens (including phenoxy) is 3. The second-order valence-electron chi connectivity index (χ2n) is 3.96. The first kappa shape index (κ1) is 15.1. The minimum Gasteiger partial charge on any atom is -0.497 e. The fourth-order valence-corrected chi connectivity index (χ4v) is 1.49. The molecule has 19 heavy (non-hydrogen) atoms. The molecular weight excluding hydrogens is 244 g/mol. The van der Waals surface area contributed by atoms with Gasteiger partial charge in [0.25, 0.3) is 0 Å². The molecule has 4 heteroatoms. The van der Waals surface area contributed by atoms with Gasteiger partial charge in [-0.25, -0.2) is 4.79 Å². The van der Waals surface area contributed by atoms with Crippen molar-refractivity contribution in [3.63, 3.8) is 0 Å². The van der Waals surface area contributed by atoms with E-state index >= 15 is 0 Å². The van der Waals surface area contributed by atoms with E-state index in [9.17, 15) is 4.79 Å². The smallest absolute Gasteiger partial charge is 0.330 e. The number of carbonyl (C=O) groups excluding carboxylic acids is 1. The first-order valence-electron chi connectivity index (χ1n) is 6.28. The fourth-order valence-electron chi connectivity index (χ4n) is 1.49. The summed E-state index contributed by atoms with van der Waals surface area (Å²) in [6, 6.07) is 5.39. The molecule has 0 unspecified atom stereocenters. The van der Waals surface area contributed by atoms with E-state index in [-0.39, 0.29) is 5.97 Å². The molecule has 0 fully saturated rings. The highest BCUT2D eigenvalue weighted by molar-refractivity contribution is 5.87. The third-order valence-electron chi connectivity index (χ3n) is 2.58. The third kappa shape index (κ3) is 5.04. The van der Waals surface area contributed by atoms with Crippen molar-refractivity contribution < 1.29 is 19.0 Å². The van der Waals surface area contributed by atoms with Gasteiger partial charge in [0, 0.05) is 11.6 Å². The van der Waals surface area contributed by atoms with Crippen molar-refractivity contribution in [2.24, 2.45) is 0 Å². The minimum absolute atomic E-state index is 0.349. The maximum Gasteiger partial charge on any atom is 0.330 e. The van der Waals surface area contributed by atoms with Gasteiger partial charge in [-0.1, -0.05) is 13.3 Å². The van der Waals surface area contributed by atoms with Gasteiger partial charge in [-0.05, 0) is 30.7 Å². The summed E-state index contributed by atoms with van der Waals surface area (Å²) in [5.74, 6) is 1.04. The summed E-state index contributed by atoms with van der Waals surface area (Å²) in [4.78, 5) is 11.5. The van der Waals surface area contributed by atoms with E-state index in [0.29, 0.717) is 18.1 Å². The molecule has 0 amide bonds. The molecule has 0 bridgehead atoms. The molecule has 4 nitrogen and oxygen atoms in total. The van der Waals surface area contributed by atoms with Crippen LogP contribution in [0.15, 0.2) is 24.3 Å². The van der Waals surface area contributed by atoms with E-state index in [4.69, 9.17) is 14.2 Å². The van der Waals surface area contributed by atoms with Gasteiger partial charge in [0.2, 0.25) is 0 Å². The van der Waals surface area contributed by atoms with Crippen LogP contribution >= 0.6 is 0 Å². The molecule has 0 aromatic heterocycles. The van der Waals surface area contributed by atoms with Crippen molar-refractivity contribution in [3.05, 3.63) is 29.8 Å². The lowest BCUT2D eigenvalue weighted by molar-refractivity contribution is -0.137. The topological polar surface area (TPSA) is 44.8 Å². The van der Waals surface area contributed by atoms with Gasteiger partial charge in [-0.2, -0.15) is 0 Å². The van der Waals surface area contributed by atoms with Crippen molar-refractivity contribution in [1.82, 2.24) is 0 Å². The van der Waals surface area contributed by atoms with Crippen LogP contribution in [0.1, 0.15) is 25.3 Å². The molecule has 1 aromatic carbocycles. The maximum absolute atomic E-state index is 11.5. The molecule has 1 aromatic rings. The molecule has 0 spiro atoms. The summed E-state index contributed by atoms with van der Waals surface area (Å²) in [5.41, 5.74) is 0.772. The number of hydrogen-bond acceptors (Lipinski definition) is 4. The van der Waals surface area contributed by atoms with Crippen molar-refractivity contribution >= 4 is 12.0 Å². The van der Waals surface area contributed by atoms with E-state index < -0.39 is 0 Å². The second kappa shape index (κ2) is 8.19. The zero-order valence-electron chi connectivity index (χ0n) is 11.6. The molecule has 0 aliphatic carbocycles. The molecular formula is C15H20O4. The molecule has 0 radical (unpaired) electrons. The summed E-state index contributed by atoms with van der Waals surface area (Å²) < 4.78 is 15.4. The molecule has 0 heterocycles. The number of benzene rings is 1. The lowest BCUT2D eigenvalue weighted by atomic mass is 10.1. The number of carbonyl (C=O) groups is 1. The van der Waals surface area contributed by atoms with Gasteiger partial charge in [0.05, 0.1) is 20.8 Å². The molecule has 0 aliphatic rings. The normalized spacial score (nSPS) is 10.5. The van der Waals surface area contributed by atoms with Crippen LogP contribution in [0.3, 0.4) is 0 Å². The highest BCUT2D eigenvalue weighted by atomic mass is 16.5. The van der Waals surface area contributed by atoms with Crippen molar-refractivity contribution in [1.29, 1.82) is 0 Å². The highest BCUT2D eigenvalue weighted by Gasteiger charge is 2.03. The Hall–Kier alpha value is -1.97. The Kier molecular flexibility index (Phi) is 6.50. The fraction of sp³-hybridized carbons (Fsp3) is 0.400. The van der Waals surface area contributed by atoms with E-state index in [1.54, 1.807) is 38.5 Å². The van der Waals surface area contributed by atoms with Crippen LogP contribution in [0.4, 0.5) is 0 Å². The van der Waals surface area contributed by atoms with E-state index in [1.165, 1.54) is 6.08 Å². The molecule has 104 valence electrons. The molecule has 1 rings (SSSR count). The maximum atomic E-state index is 11.5. The van der Waals surface area contributed by atoms with Crippen molar-refractivity contribution in [2.75, 3.05) is 20.8 Å². The molecule has 0 saturated heterocycles. The zero-order chi connectivity index (χ0) is 14.1. The molecule has 0 saturated carbocycles. The monoisotopic (exact) mass is 264 g/mol. The quantitative estimate of drug-likeness (QED) is 0.431. The van der Waals surface area contributed by atoms with Crippen LogP contribution in [0.25, 0.3) is 6.08 Å². The minimum atomic E-state index is -0.349. The number of hydrogen-bond donors (Lipinski definition) is 0. The van der Waals surface area contributed by atoms with Crippen LogP contribution in [-0.2, 0) is 9.53 Å². The van der Waals surface area contributed by atoms with Crippen molar-refractivity contribution in [2.45, 2.75) is 19.8 Å². The van der Waals surface area contributed by atoms with Gasteiger partial charge >= 0.3 is 5.97 Å². The van der Waals surface area contributed by atoms with E-state index in [0.717, 1.165) is 18.4 Å². The van der Waals surface area contributed by atoms with Gasteiger partial charge in [-0.3, -0.25) is 0 Å². The first-order valence-corrected chi connectivity index (χ1v) is 6.28. The number of methoxy groups -OCH3 is 2. The lowest BCUT2D eigenvalue weighted by Crippen LogP contribution is -2.01. The summed E-state index contributed by atoms with van der Waals surface area (Å²) in [7, 11) is 3.17. The summed E-state index contributed by atoms with van der Waals surface area (Å²) in [6.45, 7) is 2.50. The summed E-state index contributed by atoms with van der Waals surface area (Å²) in [5, 5.41) is 0. The molecule has 0 atom stereocenters. The Bertz CT molecular complexity index is 438. The molecule has 0 aliphatic heterocycles. The Balaban J connectivity index is 2.71. The Morgan fingerprint density at radius 3 is 2.68 bits per heavy atom. The number of esters is 1. The Labute approximate surface area is 114 Å². The van der Waals surface area contributed by atoms with Gasteiger partial charge in [0.15, 0.2) is 0 Å². The van der Waals surface area contributed by atoms with Crippen LogP contribution in [0, 0.1) is 0 Å². The third-order valence-corrected chi connectivity index (χ3v) is 2.58. The highest BCUT2D eigenvalue weighted by Crippen LogP contribution is 2.25. The van der Waals surface area contributed by atoms with Crippen LogP contribution in [0.5, 0.6) is 11.5 Å². The number of unbranched alkanes of at least 4 members (excludes halogenated alkanes) is 1. The van der Waals surface area contributed by atoms with Gasteiger partial charge < -0.3 is 14.2 Å². The average molecular weight is 264 g/mol. The first-order chi connectivity index (χ1) is 9.21. The predicted molar refractivity (Wildman–Crippen MR) is 74.4 cm³/mol. The summed E-state index contributed by atoms with van der Waals surface area (Å²) in [6.07, 6.45) is 4.94. The average Bonchev–Trinajstić information content (AvgIpc) is 2.45. The predicted octanol–water partition coefficient (Wildman–Crippen LogP) is 3.06. The number of rotatable bonds is 7. The second-order valence-corrected chi connectivity index (χ2v) is 3.96. The van der Waals surface area contributed by atoms with Crippen LogP contribution in [-0.4, -0.2) is 26.8 Å². The van der Waals surface area contributed by atoms with Crippen molar-refractivity contribution in [3.8, 4) is 11.5 Å². The van der Waals surface area contributed by atoms with Gasteiger partial charge in [0.1, 0.15) is 11.5 Å². The van der Waals surface area contributed by atoms with E-state index in [2.05, 4.69) is 0 Å². The molecule has 0 N–H and O–H groups in total. The summed E-state index contributed by atoms with van der Waals surface area (Å²) >= 11 is 0. The lowest BCUT2D eigenvalue weighted by Gasteiger charge is -2.07. The largest absolute Gasteiger partial charge is 0.497 e. The van der Waals surface area contributed by atoms with Gasteiger partial charge in [-0.15, -0.1) is 0 Å². The van der Waals surface area contributed by atoms with Crippen LogP contribution in [0.2, 0.25) is 0 Å². The standard InChI is InChI=1S/C15H20O4/c1-4-5-10-19-15(16)9-6-12-11-13(17-2)7-8-14(12)18-3/h6-9,11H,4-5,10H2,1-3H3/b9-6+. The Morgan fingerprint density at radius 1 is 1.26 bits per heavy atom. The zero-order valence-corrected chi connectivity index (χ0v) is 11.6. The SMILES string of the molecule is CCCCOC(=O)/C=C/c1cc(OC)ccc1OC.